The van der Waals surface area contributed by atoms with Crippen LogP contribution in [0.2, 0.25) is 5.02 Å². The maximum atomic E-state index is 5.82. The number of rotatable bonds is 5. The highest BCUT2D eigenvalue weighted by molar-refractivity contribution is 6.30. The van der Waals surface area contributed by atoms with Crippen molar-refractivity contribution < 1.29 is 0 Å². The summed E-state index contributed by atoms with van der Waals surface area (Å²) in [5.41, 5.74) is 1.29. The molecular weight excluding hydrogens is 206 g/mol. The number of hydrogen-bond donors (Lipinski definition) is 1. The van der Waals surface area contributed by atoms with Crippen LogP contribution in [0.1, 0.15) is 26.3 Å². The van der Waals surface area contributed by atoms with Gasteiger partial charge in [0.25, 0.3) is 0 Å². The zero-order valence-electron chi connectivity index (χ0n) is 9.76. The molecule has 1 rings (SSSR count). The Morgan fingerprint density at radius 3 is 2.27 bits per heavy atom. The summed E-state index contributed by atoms with van der Waals surface area (Å²) < 4.78 is 0. The van der Waals surface area contributed by atoms with Crippen molar-refractivity contribution in [2.75, 3.05) is 6.54 Å². The number of nitrogens with one attached hydrogen (secondary N) is 1. The fraction of sp³-hybridized carbons (Fsp3) is 0.538. The summed E-state index contributed by atoms with van der Waals surface area (Å²) in [5, 5.41) is 4.26. The molecule has 0 heterocycles. The van der Waals surface area contributed by atoms with Gasteiger partial charge in [-0.25, -0.2) is 0 Å². The second kappa shape index (κ2) is 6.14. The summed E-state index contributed by atoms with van der Waals surface area (Å²) in [6, 6.07) is 8.00. The van der Waals surface area contributed by atoms with Gasteiger partial charge in [0.2, 0.25) is 0 Å². The zero-order valence-corrected chi connectivity index (χ0v) is 10.5. The highest BCUT2D eigenvalue weighted by Crippen LogP contribution is 2.10. The van der Waals surface area contributed by atoms with Crippen LogP contribution in [0.3, 0.4) is 0 Å². The SMILES string of the molecule is CC(C)C(C)CNCc1ccc(Cl)cc1. The molecule has 0 aliphatic carbocycles. The quantitative estimate of drug-likeness (QED) is 0.806. The van der Waals surface area contributed by atoms with E-state index in [0.717, 1.165) is 29.9 Å². The maximum absolute atomic E-state index is 5.82. The molecule has 0 spiro atoms. The van der Waals surface area contributed by atoms with Crippen molar-refractivity contribution in [1.82, 2.24) is 5.32 Å². The Morgan fingerprint density at radius 1 is 1.13 bits per heavy atom. The van der Waals surface area contributed by atoms with E-state index in [1.807, 2.05) is 12.1 Å². The molecule has 0 amide bonds. The number of halogens is 1. The number of benzene rings is 1. The van der Waals surface area contributed by atoms with E-state index in [9.17, 15) is 0 Å². The first-order valence-corrected chi connectivity index (χ1v) is 5.92. The zero-order chi connectivity index (χ0) is 11.3. The molecule has 1 N–H and O–H groups in total. The summed E-state index contributed by atoms with van der Waals surface area (Å²) >= 11 is 5.82. The van der Waals surface area contributed by atoms with Crippen LogP contribution in [0.25, 0.3) is 0 Å². The minimum atomic E-state index is 0.720. The molecule has 0 saturated heterocycles. The third kappa shape index (κ3) is 4.67. The van der Waals surface area contributed by atoms with Gasteiger partial charge in [-0.15, -0.1) is 0 Å². The van der Waals surface area contributed by atoms with Gasteiger partial charge in [-0.05, 0) is 36.1 Å². The average Bonchev–Trinajstić information content (AvgIpc) is 2.20. The third-order valence-electron chi connectivity index (χ3n) is 2.85. The van der Waals surface area contributed by atoms with E-state index in [2.05, 4.69) is 38.2 Å². The predicted molar refractivity (Wildman–Crippen MR) is 67.2 cm³/mol. The molecule has 0 saturated carbocycles. The summed E-state index contributed by atoms with van der Waals surface area (Å²) in [5.74, 6) is 1.46. The molecule has 0 aliphatic rings. The molecule has 0 radical (unpaired) electrons. The van der Waals surface area contributed by atoms with Gasteiger partial charge < -0.3 is 5.32 Å². The summed E-state index contributed by atoms with van der Waals surface area (Å²) in [7, 11) is 0. The first-order chi connectivity index (χ1) is 7.09. The van der Waals surface area contributed by atoms with Gasteiger partial charge in [0.15, 0.2) is 0 Å². The van der Waals surface area contributed by atoms with Gasteiger partial charge in [0.1, 0.15) is 0 Å². The van der Waals surface area contributed by atoms with Crippen molar-refractivity contribution in [2.45, 2.75) is 27.3 Å². The lowest BCUT2D eigenvalue weighted by Gasteiger charge is -2.16. The van der Waals surface area contributed by atoms with Crippen LogP contribution in [0.4, 0.5) is 0 Å². The summed E-state index contributed by atoms with van der Waals surface area (Å²) in [6.45, 7) is 8.79. The normalized spacial score (nSPS) is 13.1. The van der Waals surface area contributed by atoms with E-state index in [-0.39, 0.29) is 0 Å². The Hall–Kier alpha value is -0.530. The first kappa shape index (κ1) is 12.5. The van der Waals surface area contributed by atoms with E-state index < -0.39 is 0 Å². The van der Waals surface area contributed by atoms with Crippen molar-refractivity contribution in [3.8, 4) is 0 Å². The van der Waals surface area contributed by atoms with Crippen molar-refractivity contribution in [3.05, 3.63) is 34.9 Å². The van der Waals surface area contributed by atoms with E-state index in [1.165, 1.54) is 5.56 Å². The van der Waals surface area contributed by atoms with Crippen LogP contribution in [-0.4, -0.2) is 6.54 Å². The molecular formula is C13H20ClN. The van der Waals surface area contributed by atoms with E-state index in [4.69, 9.17) is 11.6 Å². The Balaban J connectivity index is 2.29. The lowest BCUT2D eigenvalue weighted by atomic mass is 9.98. The molecule has 1 nitrogen and oxygen atoms in total. The van der Waals surface area contributed by atoms with Gasteiger partial charge in [0.05, 0.1) is 0 Å². The average molecular weight is 226 g/mol. The van der Waals surface area contributed by atoms with Crippen LogP contribution < -0.4 is 5.32 Å². The summed E-state index contributed by atoms with van der Waals surface area (Å²) in [4.78, 5) is 0. The van der Waals surface area contributed by atoms with Crippen molar-refractivity contribution >= 4 is 11.6 Å². The maximum Gasteiger partial charge on any atom is 0.0406 e. The topological polar surface area (TPSA) is 12.0 Å². The molecule has 2 heteroatoms. The van der Waals surface area contributed by atoms with Crippen molar-refractivity contribution in [3.63, 3.8) is 0 Å². The predicted octanol–water partition coefficient (Wildman–Crippen LogP) is 3.72. The van der Waals surface area contributed by atoms with E-state index in [0.29, 0.717) is 0 Å². The van der Waals surface area contributed by atoms with Crippen molar-refractivity contribution in [1.29, 1.82) is 0 Å². The smallest absolute Gasteiger partial charge is 0.0406 e. The molecule has 0 aromatic heterocycles. The lowest BCUT2D eigenvalue weighted by molar-refractivity contribution is 0.392. The van der Waals surface area contributed by atoms with Crippen LogP contribution in [0.15, 0.2) is 24.3 Å². The van der Waals surface area contributed by atoms with Gasteiger partial charge in [0, 0.05) is 11.6 Å². The highest BCUT2D eigenvalue weighted by Gasteiger charge is 2.05. The molecule has 1 unspecified atom stereocenters. The highest BCUT2D eigenvalue weighted by atomic mass is 35.5. The van der Waals surface area contributed by atoms with Gasteiger partial charge in [-0.3, -0.25) is 0 Å². The van der Waals surface area contributed by atoms with Crippen LogP contribution >= 0.6 is 11.6 Å². The molecule has 0 aliphatic heterocycles. The van der Waals surface area contributed by atoms with Gasteiger partial charge >= 0.3 is 0 Å². The summed E-state index contributed by atoms with van der Waals surface area (Å²) in [6.07, 6.45) is 0. The Bertz CT molecular complexity index is 279. The van der Waals surface area contributed by atoms with Crippen molar-refractivity contribution in [2.24, 2.45) is 11.8 Å². The fourth-order valence-corrected chi connectivity index (χ4v) is 1.41. The van der Waals surface area contributed by atoms with E-state index >= 15 is 0 Å². The molecule has 0 bridgehead atoms. The van der Waals surface area contributed by atoms with Gasteiger partial charge in [-0.1, -0.05) is 44.5 Å². The monoisotopic (exact) mass is 225 g/mol. The largest absolute Gasteiger partial charge is 0.312 e. The molecule has 1 aromatic rings. The Kier molecular flexibility index (Phi) is 5.13. The standard InChI is InChI=1S/C13H20ClN/c1-10(2)11(3)8-15-9-12-4-6-13(14)7-5-12/h4-7,10-11,15H,8-9H2,1-3H3. The molecule has 1 atom stereocenters. The van der Waals surface area contributed by atoms with Gasteiger partial charge in [-0.2, -0.15) is 0 Å². The minimum absolute atomic E-state index is 0.720. The molecule has 0 fully saturated rings. The second-order valence-corrected chi connectivity index (χ2v) is 4.92. The van der Waals surface area contributed by atoms with Crippen LogP contribution in [0, 0.1) is 11.8 Å². The third-order valence-corrected chi connectivity index (χ3v) is 3.10. The van der Waals surface area contributed by atoms with E-state index in [1.54, 1.807) is 0 Å². The Morgan fingerprint density at radius 2 is 1.73 bits per heavy atom. The molecule has 1 aromatic carbocycles. The first-order valence-electron chi connectivity index (χ1n) is 5.54. The van der Waals surface area contributed by atoms with Crippen LogP contribution in [-0.2, 0) is 6.54 Å². The van der Waals surface area contributed by atoms with Crippen LogP contribution in [0.5, 0.6) is 0 Å². The minimum Gasteiger partial charge on any atom is -0.312 e. The molecule has 15 heavy (non-hydrogen) atoms. The lowest BCUT2D eigenvalue weighted by Crippen LogP contribution is -2.23. The Labute approximate surface area is 97.8 Å². The fourth-order valence-electron chi connectivity index (χ4n) is 1.28. The second-order valence-electron chi connectivity index (χ2n) is 4.48. The number of hydrogen-bond acceptors (Lipinski definition) is 1. The molecule has 84 valence electrons.